The van der Waals surface area contributed by atoms with Crippen LogP contribution < -0.4 is 0 Å². The molecule has 0 aromatic carbocycles. The van der Waals surface area contributed by atoms with Gasteiger partial charge in [-0.2, -0.15) is 0 Å². The first kappa shape index (κ1) is 15.3. The van der Waals surface area contributed by atoms with Gasteiger partial charge in [-0.05, 0) is 37.0 Å². The number of rotatable bonds is 3. The summed E-state index contributed by atoms with van der Waals surface area (Å²) in [5, 5.41) is 8.11. The second-order valence-electron chi connectivity index (χ2n) is 6.44. The zero-order valence-electron chi connectivity index (χ0n) is 12.3. The Hall–Kier alpha value is -0.790. The molecule has 104 valence electrons. The number of hydrogen-bond acceptors (Lipinski definition) is 2. The maximum atomic E-state index is 11.6. The van der Waals surface area contributed by atoms with Crippen molar-refractivity contribution in [2.24, 2.45) is 16.7 Å². The first-order chi connectivity index (χ1) is 8.40. The quantitative estimate of drug-likeness (QED) is 0.586. The highest BCUT2D eigenvalue weighted by Crippen LogP contribution is 2.63. The summed E-state index contributed by atoms with van der Waals surface area (Å²) in [5.41, 5.74) is 0.307. The summed E-state index contributed by atoms with van der Waals surface area (Å²) >= 11 is 0. The Labute approximate surface area is 111 Å². The maximum Gasteiger partial charge on any atom is 0.139 e. The smallest absolute Gasteiger partial charge is 0.139 e. The van der Waals surface area contributed by atoms with Crippen LogP contribution in [0.15, 0.2) is 12.3 Å². The predicted molar refractivity (Wildman–Crippen MR) is 75.5 cm³/mol. The van der Waals surface area contributed by atoms with E-state index in [4.69, 9.17) is 5.11 Å². The van der Waals surface area contributed by atoms with Gasteiger partial charge in [-0.1, -0.05) is 40.2 Å². The Balaban J connectivity index is 0.000000203. The molecule has 2 unspecified atom stereocenters. The highest BCUT2D eigenvalue weighted by atomic mass is 16.2. The second kappa shape index (κ2) is 5.90. The van der Waals surface area contributed by atoms with Gasteiger partial charge in [0.2, 0.25) is 0 Å². The number of carbonyl (C=O) groups excluding carboxylic acids is 1. The highest BCUT2D eigenvalue weighted by Gasteiger charge is 2.61. The second-order valence-corrected chi connectivity index (χ2v) is 6.44. The van der Waals surface area contributed by atoms with Gasteiger partial charge in [-0.3, -0.25) is 4.79 Å². The summed E-state index contributed by atoms with van der Waals surface area (Å²) in [4.78, 5) is 11.6. The topological polar surface area (TPSA) is 37.3 Å². The van der Waals surface area contributed by atoms with E-state index in [2.05, 4.69) is 27.7 Å². The van der Waals surface area contributed by atoms with Gasteiger partial charge in [0.15, 0.2) is 0 Å². The lowest BCUT2D eigenvalue weighted by Gasteiger charge is -2.32. The van der Waals surface area contributed by atoms with Gasteiger partial charge in [0, 0.05) is 11.8 Å². The number of aliphatic hydroxyl groups is 1. The fraction of sp³-hybridized carbons (Fsp3) is 0.812. The van der Waals surface area contributed by atoms with Crippen molar-refractivity contribution in [3.05, 3.63) is 12.3 Å². The van der Waals surface area contributed by atoms with Crippen molar-refractivity contribution in [2.45, 2.75) is 66.2 Å². The maximum absolute atomic E-state index is 11.6. The molecule has 0 heterocycles. The molecule has 0 aromatic heterocycles. The Morgan fingerprint density at radius 2 is 2.06 bits per heavy atom. The Morgan fingerprint density at radius 1 is 1.39 bits per heavy atom. The van der Waals surface area contributed by atoms with Crippen LogP contribution in [0.2, 0.25) is 0 Å². The molecule has 0 amide bonds. The van der Waals surface area contributed by atoms with Crippen molar-refractivity contribution < 1.29 is 9.90 Å². The Bertz CT molecular complexity index is 317. The van der Waals surface area contributed by atoms with Crippen molar-refractivity contribution in [1.29, 1.82) is 0 Å². The summed E-state index contributed by atoms with van der Waals surface area (Å²) in [5.74, 6) is 1.19. The fourth-order valence-electron chi connectivity index (χ4n) is 3.30. The minimum atomic E-state index is 0.0255. The highest BCUT2D eigenvalue weighted by molar-refractivity contribution is 5.89. The Morgan fingerprint density at radius 3 is 2.33 bits per heavy atom. The lowest BCUT2D eigenvalue weighted by atomic mass is 9.70. The summed E-state index contributed by atoms with van der Waals surface area (Å²) in [6.07, 6.45) is 9.51. The number of Topliss-reactive ketones (excluding diaryl/α,β-unsaturated/α-hetero) is 1. The van der Waals surface area contributed by atoms with Crippen LogP contribution in [0.1, 0.15) is 66.2 Å². The fourth-order valence-corrected chi connectivity index (χ4v) is 3.30. The van der Waals surface area contributed by atoms with Crippen molar-refractivity contribution in [3.8, 4) is 0 Å². The molecule has 18 heavy (non-hydrogen) atoms. The van der Waals surface area contributed by atoms with Gasteiger partial charge >= 0.3 is 0 Å². The molecule has 2 atom stereocenters. The van der Waals surface area contributed by atoms with E-state index in [-0.39, 0.29) is 10.8 Å². The van der Waals surface area contributed by atoms with Gasteiger partial charge in [-0.25, -0.2) is 0 Å². The minimum Gasteiger partial charge on any atom is -0.516 e. The molecule has 2 heteroatoms. The van der Waals surface area contributed by atoms with E-state index >= 15 is 0 Å². The summed E-state index contributed by atoms with van der Waals surface area (Å²) in [6.45, 7) is 8.80. The molecule has 2 aliphatic rings. The lowest BCUT2D eigenvalue weighted by Crippen LogP contribution is -2.32. The number of carbonyl (C=O) groups is 1. The summed E-state index contributed by atoms with van der Waals surface area (Å²) in [6, 6.07) is 0. The molecule has 0 spiro atoms. The molecule has 2 rings (SSSR count). The van der Waals surface area contributed by atoms with Crippen LogP contribution in [0.25, 0.3) is 0 Å². The van der Waals surface area contributed by atoms with Gasteiger partial charge < -0.3 is 5.11 Å². The van der Waals surface area contributed by atoms with E-state index in [0.717, 1.165) is 25.5 Å². The zero-order chi connectivity index (χ0) is 13.8. The molecule has 2 fully saturated rings. The molecule has 2 saturated carbocycles. The van der Waals surface area contributed by atoms with Crippen molar-refractivity contribution in [2.75, 3.05) is 0 Å². The van der Waals surface area contributed by atoms with Gasteiger partial charge in [-0.15, -0.1) is 0 Å². The third-order valence-electron chi connectivity index (χ3n) is 5.31. The van der Waals surface area contributed by atoms with E-state index in [9.17, 15) is 4.79 Å². The van der Waals surface area contributed by atoms with Crippen LogP contribution in [0, 0.1) is 16.7 Å². The number of ketones is 1. The zero-order valence-corrected chi connectivity index (χ0v) is 12.3. The van der Waals surface area contributed by atoms with Crippen molar-refractivity contribution in [1.82, 2.24) is 0 Å². The molecule has 2 bridgehead atoms. The van der Waals surface area contributed by atoms with Crippen LogP contribution in [0.5, 0.6) is 0 Å². The normalized spacial score (nSPS) is 32.7. The van der Waals surface area contributed by atoms with E-state index in [1.165, 1.54) is 19.3 Å². The molecular weight excluding hydrogens is 224 g/mol. The lowest BCUT2D eigenvalue weighted by molar-refractivity contribution is -0.128. The summed E-state index contributed by atoms with van der Waals surface area (Å²) < 4.78 is 0. The van der Waals surface area contributed by atoms with Crippen molar-refractivity contribution >= 4 is 5.78 Å². The van der Waals surface area contributed by atoms with Crippen LogP contribution >= 0.6 is 0 Å². The minimum absolute atomic E-state index is 0.0255. The average molecular weight is 252 g/mol. The molecular formula is C16H28O2. The molecule has 2 nitrogen and oxygen atoms in total. The SMILES string of the molecule is CC12CCC(CC1=O)C2(C)C.CCCCC=CO. The number of fused-ring (bicyclic) bond motifs is 2. The van der Waals surface area contributed by atoms with Crippen LogP contribution in [0.3, 0.4) is 0 Å². The average Bonchev–Trinajstić information content (AvgIpc) is 2.64. The van der Waals surface area contributed by atoms with Crippen LogP contribution in [-0.4, -0.2) is 10.9 Å². The van der Waals surface area contributed by atoms with Gasteiger partial charge in [0.05, 0.1) is 6.26 Å². The first-order valence-electron chi connectivity index (χ1n) is 7.22. The molecule has 0 radical (unpaired) electrons. The number of unbranched alkanes of at least 4 members (excludes halogenated alkanes) is 2. The Kier molecular flexibility index (Phi) is 5.01. The summed E-state index contributed by atoms with van der Waals surface area (Å²) in [7, 11) is 0. The number of hydrogen-bond donors (Lipinski definition) is 1. The third-order valence-corrected chi connectivity index (χ3v) is 5.31. The van der Waals surface area contributed by atoms with Crippen LogP contribution in [0.4, 0.5) is 0 Å². The molecule has 2 aliphatic carbocycles. The third kappa shape index (κ3) is 2.62. The molecule has 1 N–H and O–H groups in total. The predicted octanol–water partition coefficient (Wildman–Crippen LogP) is 4.65. The van der Waals surface area contributed by atoms with Gasteiger partial charge in [0.25, 0.3) is 0 Å². The van der Waals surface area contributed by atoms with E-state index in [1.54, 1.807) is 6.08 Å². The molecule has 0 aromatic rings. The largest absolute Gasteiger partial charge is 0.516 e. The van der Waals surface area contributed by atoms with Crippen molar-refractivity contribution in [3.63, 3.8) is 0 Å². The standard InChI is InChI=1S/C10H16O.C6H12O/c1-9(2)7-4-5-10(9,3)8(11)6-7;1-2-3-4-5-6-7/h7H,4-6H2,1-3H3;5-7H,2-4H2,1H3. The van der Waals surface area contributed by atoms with E-state index in [1.807, 2.05) is 0 Å². The molecule has 0 saturated heterocycles. The van der Waals surface area contributed by atoms with E-state index < -0.39 is 0 Å². The monoisotopic (exact) mass is 252 g/mol. The van der Waals surface area contributed by atoms with Gasteiger partial charge in [0.1, 0.15) is 5.78 Å². The first-order valence-corrected chi connectivity index (χ1v) is 7.22. The van der Waals surface area contributed by atoms with Crippen LogP contribution in [-0.2, 0) is 4.79 Å². The van der Waals surface area contributed by atoms with E-state index in [0.29, 0.717) is 11.7 Å². The number of aliphatic hydroxyl groups excluding tert-OH is 1. The molecule has 0 aliphatic heterocycles. The number of allylic oxidation sites excluding steroid dienone is 1.